The number of alkyl halides is 1. The highest BCUT2D eigenvalue weighted by atomic mass is 35.5. The Morgan fingerprint density at radius 3 is 2.07 bits per heavy atom. The first-order valence-corrected chi connectivity index (χ1v) is 3.91. The summed E-state index contributed by atoms with van der Waals surface area (Å²) in [6, 6.07) is 2.34. The predicted octanol–water partition coefficient (Wildman–Crippen LogP) is 2.75. The Labute approximate surface area is 86.5 Å². The van der Waals surface area contributed by atoms with Crippen LogP contribution in [0.4, 0.5) is 13.2 Å². The van der Waals surface area contributed by atoms with Gasteiger partial charge in [0.1, 0.15) is 11.6 Å². The summed E-state index contributed by atoms with van der Waals surface area (Å²) < 4.78 is 37.1. The van der Waals surface area contributed by atoms with Crippen molar-refractivity contribution in [3.8, 4) is 0 Å². The molecule has 0 unspecified atom stereocenters. The lowest BCUT2D eigenvalue weighted by atomic mass is 10.1. The van der Waals surface area contributed by atoms with Crippen LogP contribution in [0.25, 0.3) is 0 Å². The molecule has 0 heterocycles. The number of rotatable bonds is 3. The molecule has 0 amide bonds. The van der Waals surface area contributed by atoms with Gasteiger partial charge in [-0.15, -0.1) is 12.4 Å². The van der Waals surface area contributed by atoms with E-state index in [4.69, 9.17) is 5.73 Å². The second-order valence-corrected chi connectivity index (χ2v) is 2.79. The second kappa shape index (κ2) is 5.88. The summed E-state index contributed by atoms with van der Waals surface area (Å²) in [5, 5.41) is 0. The smallest absolute Gasteiger partial charge is 0.126 e. The fourth-order valence-electron chi connectivity index (χ4n) is 1.07. The Kier molecular flexibility index (Phi) is 5.57. The number of halogens is 4. The monoisotopic (exact) mass is 225 g/mol. The van der Waals surface area contributed by atoms with Crippen LogP contribution in [0.2, 0.25) is 0 Å². The summed E-state index contributed by atoms with van der Waals surface area (Å²) in [5.41, 5.74) is 5.76. The topological polar surface area (TPSA) is 26.0 Å². The van der Waals surface area contributed by atoms with Crippen LogP contribution >= 0.6 is 12.4 Å². The minimum atomic E-state index is -0.690. The van der Waals surface area contributed by atoms with E-state index >= 15 is 0 Å². The maximum atomic E-state index is 12.6. The standard InChI is InChI=1S/C9H10F3N.ClH/c10-2-1-9(13)6-3-7(11)5-8(12)4-6;/h3-5,9H,1-2,13H2;1H/t9-;/m0./s1. The van der Waals surface area contributed by atoms with E-state index in [0.717, 1.165) is 18.2 Å². The van der Waals surface area contributed by atoms with Crippen LogP contribution in [0.15, 0.2) is 18.2 Å². The maximum Gasteiger partial charge on any atom is 0.126 e. The molecule has 1 aromatic carbocycles. The third-order valence-corrected chi connectivity index (χ3v) is 1.73. The van der Waals surface area contributed by atoms with E-state index in [1.54, 1.807) is 0 Å². The first-order chi connectivity index (χ1) is 6.13. The largest absolute Gasteiger partial charge is 0.324 e. The molecular formula is C9H11ClF3N. The van der Waals surface area contributed by atoms with Crippen molar-refractivity contribution in [1.29, 1.82) is 0 Å². The van der Waals surface area contributed by atoms with Gasteiger partial charge in [0.15, 0.2) is 0 Å². The van der Waals surface area contributed by atoms with Gasteiger partial charge in [-0.05, 0) is 24.1 Å². The molecule has 0 saturated carbocycles. The molecular weight excluding hydrogens is 215 g/mol. The molecule has 0 bridgehead atoms. The van der Waals surface area contributed by atoms with Crippen molar-refractivity contribution in [2.45, 2.75) is 12.5 Å². The highest BCUT2D eigenvalue weighted by Crippen LogP contribution is 2.16. The van der Waals surface area contributed by atoms with Crippen LogP contribution in [-0.2, 0) is 0 Å². The van der Waals surface area contributed by atoms with Crippen molar-refractivity contribution in [2.75, 3.05) is 6.67 Å². The van der Waals surface area contributed by atoms with Crippen LogP contribution < -0.4 is 5.73 Å². The van der Waals surface area contributed by atoms with Crippen LogP contribution in [0.3, 0.4) is 0 Å². The fraction of sp³-hybridized carbons (Fsp3) is 0.333. The zero-order valence-electron chi connectivity index (χ0n) is 7.34. The Bertz CT molecular complexity index is 273. The van der Waals surface area contributed by atoms with E-state index in [1.165, 1.54) is 0 Å². The van der Waals surface area contributed by atoms with Gasteiger partial charge in [0.05, 0.1) is 6.67 Å². The van der Waals surface area contributed by atoms with Gasteiger partial charge in [-0.3, -0.25) is 4.39 Å². The van der Waals surface area contributed by atoms with Gasteiger partial charge in [-0.1, -0.05) is 0 Å². The molecule has 0 aliphatic rings. The molecule has 0 aliphatic carbocycles. The molecule has 1 rings (SSSR count). The summed E-state index contributed by atoms with van der Waals surface area (Å²) in [5.74, 6) is -1.38. The second-order valence-electron chi connectivity index (χ2n) is 2.79. The highest BCUT2D eigenvalue weighted by molar-refractivity contribution is 5.85. The average Bonchev–Trinajstić information content (AvgIpc) is 2.03. The molecule has 1 aromatic rings. The Morgan fingerprint density at radius 1 is 1.14 bits per heavy atom. The molecule has 2 N–H and O–H groups in total. The molecule has 0 radical (unpaired) electrons. The SMILES string of the molecule is Cl.N[C@@H](CCF)c1cc(F)cc(F)c1. The Balaban J connectivity index is 0.00000169. The molecule has 0 aliphatic heterocycles. The van der Waals surface area contributed by atoms with E-state index in [2.05, 4.69) is 0 Å². The molecule has 0 fully saturated rings. The van der Waals surface area contributed by atoms with Gasteiger partial charge < -0.3 is 5.73 Å². The Hall–Kier alpha value is -0.740. The van der Waals surface area contributed by atoms with Crippen molar-refractivity contribution in [1.82, 2.24) is 0 Å². The zero-order valence-corrected chi connectivity index (χ0v) is 8.16. The van der Waals surface area contributed by atoms with Crippen molar-refractivity contribution in [3.05, 3.63) is 35.4 Å². The Morgan fingerprint density at radius 2 is 1.64 bits per heavy atom. The number of hydrogen-bond acceptors (Lipinski definition) is 1. The minimum absolute atomic E-state index is 0. The van der Waals surface area contributed by atoms with Gasteiger partial charge in [0.25, 0.3) is 0 Å². The molecule has 0 spiro atoms. The third-order valence-electron chi connectivity index (χ3n) is 1.73. The summed E-state index contributed by atoms with van der Waals surface area (Å²) in [4.78, 5) is 0. The van der Waals surface area contributed by atoms with Gasteiger partial charge in [0, 0.05) is 12.1 Å². The van der Waals surface area contributed by atoms with Crippen molar-refractivity contribution in [3.63, 3.8) is 0 Å². The van der Waals surface area contributed by atoms with E-state index in [9.17, 15) is 13.2 Å². The van der Waals surface area contributed by atoms with Gasteiger partial charge in [-0.25, -0.2) is 8.78 Å². The normalized spacial score (nSPS) is 12.0. The molecule has 14 heavy (non-hydrogen) atoms. The van der Waals surface area contributed by atoms with Gasteiger partial charge in [-0.2, -0.15) is 0 Å². The predicted molar refractivity (Wildman–Crippen MR) is 51.1 cm³/mol. The summed E-state index contributed by atoms with van der Waals surface area (Å²) in [6.07, 6.45) is 0.0723. The lowest BCUT2D eigenvalue weighted by Crippen LogP contribution is -2.11. The molecule has 5 heteroatoms. The molecule has 80 valence electrons. The molecule has 0 saturated heterocycles. The number of nitrogens with two attached hydrogens (primary N) is 1. The van der Waals surface area contributed by atoms with Crippen LogP contribution in [0, 0.1) is 11.6 Å². The lowest BCUT2D eigenvalue weighted by molar-refractivity contribution is 0.440. The first-order valence-electron chi connectivity index (χ1n) is 3.91. The molecule has 1 atom stereocenters. The number of benzene rings is 1. The fourth-order valence-corrected chi connectivity index (χ4v) is 1.07. The zero-order chi connectivity index (χ0) is 9.84. The van der Waals surface area contributed by atoms with Gasteiger partial charge >= 0.3 is 0 Å². The van der Waals surface area contributed by atoms with Crippen molar-refractivity contribution < 1.29 is 13.2 Å². The van der Waals surface area contributed by atoms with Crippen LogP contribution in [0.1, 0.15) is 18.0 Å². The number of hydrogen-bond donors (Lipinski definition) is 1. The average molecular weight is 226 g/mol. The van der Waals surface area contributed by atoms with Crippen LogP contribution in [-0.4, -0.2) is 6.67 Å². The van der Waals surface area contributed by atoms with E-state index < -0.39 is 24.4 Å². The molecule has 1 nitrogen and oxygen atoms in total. The quantitative estimate of drug-likeness (QED) is 0.841. The van der Waals surface area contributed by atoms with Gasteiger partial charge in [0.2, 0.25) is 0 Å². The van der Waals surface area contributed by atoms with E-state index in [1.807, 2.05) is 0 Å². The summed E-state index contributed by atoms with van der Waals surface area (Å²) in [6.45, 7) is -0.598. The third kappa shape index (κ3) is 3.55. The highest BCUT2D eigenvalue weighted by Gasteiger charge is 2.08. The lowest BCUT2D eigenvalue weighted by Gasteiger charge is -2.09. The van der Waals surface area contributed by atoms with Crippen molar-refractivity contribution in [2.24, 2.45) is 5.73 Å². The maximum absolute atomic E-state index is 12.6. The van der Waals surface area contributed by atoms with Crippen LogP contribution in [0.5, 0.6) is 0 Å². The minimum Gasteiger partial charge on any atom is -0.324 e. The van der Waals surface area contributed by atoms with Crippen molar-refractivity contribution >= 4 is 12.4 Å². The summed E-state index contributed by atoms with van der Waals surface area (Å²) in [7, 11) is 0. The summed E-state index contributed by atoms with van der Waals surface area (Å²) >= 11 is 0. The van der Waals surface area contributed by atoms with E-state index in [-0.39, 0.29) is 24.4 Å². The van der Waals surface area contributed by atoms with E-state index in [0.29, 0.717) is 0 Å². The first kappa shape index (κ1) is 13.3. The molecule has 0 aromatic heterocycles.